The molecule has 138 valence electrons. The molecule has 0 spiro atoms. The van der Waals surface area contributed by atoms with Crippen molar-refractivity contribution in [3.8, 4) is 11.5 Å². The van der Waals surface area contributed by atoms with Crippen molar-refractivity contribution < 1.29 is 27.2 Å². The molecule has 0 saturated carbocycles. The second-order valence-electron chi connectivity index (χ2n) is 7.14. The Hall–Kier alpha value is -2.06. The molecule has 0 unspecified atom stereocenters. The maximum absolute atomic E-state index is 12.5. The van der Waals surface area contributed by atoms with Gasteiger partial charge in [0.05, 0.1) is 17.4 Å². The Balaban J connectivity index is 1.69. The molecule has 0 amide bonds. The van der Waals surface area contributed by atoms with E-state index < -0.39 is 30.2 Å². The predicted molar refractivity (Wildman–Crippen MR) is 91.5 cm³/mol. The van der Waals surface area contributed by atoms with Crippen molar-refractivity contribution in [2.24, 2.45) is 0 Å². The summed E-state index contributed by atoms with van der Waals surface area (Å²) < 4.78 is 55.0. The van der Waals surface area contributed by atoms with Crippen LogP contribution in [-0.4, -0.2) is 23.3 Å². The maximum atomic E-state index is 12.5. The van der Waals surface area contributed by atoms with E-state index >= 15 is 0 Å². The fourth-order valence-corrected chi connectivity index (χ4v) is 2.42. The van der Waals surface area contributed by atoms with Crippen LogP contribution in [-0.2, 0) is 15.5 Å². The molecule has 1 aliphatic heterocycles. The molecule has 1 aromatic heterocycles. The molecular formula is C18H19BF3NO3. The SMILES string of the molecule is CC1(C)OB(c2ccc(Oc3ccc(C(F)(F)F)nc3)cc2)OC1(C)C. The molecule has 0 radical (unpaired) electrons. The zero-order chi connectivity index (χ0) is 19.2. The van der Waals surface area contributed by atoms with Gasteiger partial charge in [-0.2, -0.15) is 13.2 Å². The Morgan fingerprint density at radius 2 is 1.42 bits per heavy atom. The minimum atomic E-state index is -4.47. The Morgan fingerprint density at radius 1 is 0.885 bits per heavy atom. The molecule has 0 bridgehead atoms. The van der Waals surface area contributed by atoms with E-state index in [0.717, 1.165) is 17.7 Å². The van der Waals surface area contributed by atoms with Crippen molar-refractivity contribution in [1.29, 1.82) is 0 Å². The number of pyridine rings is 1. The van der Waals surface area contributed by atoms with Gasteiger partial charge in [-0.1, -0.05) is 12.1 Å². The number of alkyl halides is 3. The molecule has 2 aromatic rings. The summed E-state index contributed by atoms with van der Waals surface area (Å²) in [5.41, 5.74) is -0.986. The van der Waals surface area contributed by atoms with E-state index in [4.69, 9.17) is 14.0 Å². The molecule has 3 rings (SSSR count). The number of hydrogen-bond acceptors (Lipinski definition) is 4. The number of aromatic nitrogens is 1. The van der Waals surface area contributed by atoms with Gasteiger partial charge in [-0.3, -0.25) is 0 Å². The highest BCUT2D eigenvalue weighted by molar-refractivity contribution is 6.62. The monoisotopic (exact) mass is 365 g/mol. The summed E-state index contributed by atoms with van der Waals surface area (Å²) in [7, 11) is -0.484. The van der Waals surface area contributed by atoms with Gasteiger partial charge in [0.25, 0.3) is 0 Å². The summed E-state index contributed by atoms with van der Waals surface area (Å²) in [6.07, 6.45) is -3.42. The van der Waals surface area contributed by atoms with Crippen LogP contribution < -0.4 is 10.2 Å². The van der Waals surface area contributed by atoms with E-state index in [2.05, 4.69) is 4.98 Å². The van der Waals surface area contributed by atoms with E-state index in [1.807, 2.05) is 27.7 Å². The average Bonchev–Trinajstić information content (AvgIpc) is 2.76. The Bertz CT molecular complexity index is 758. The fourth-order valence-electron chi connectivity index (χ4n) is 2.42. The van der Waals surface area contributed by atoms with Gasteiger partial charge in [0.1, 0.15) is 17.2 Å². The Morgan fingerprint density at radius 3 is 1.88 bits per heavy atom. The van der Waals surface area contributed by atoms with E-state index in [-0.39, 0.29) is 5.75 Å². The number of rotatable bonds is 3. The molecule has 0 N–H and O–H groups in total. The first-order valence-electron chi connectivity index (χ1n) is 8.15. The van der Waals surface area contributed by atoms with Crippen LogP contribution in [0.3, 0.4) is 0 Å². The molecule has 26 heavy (non-hydrogen) atoms. The van der Waals surface area contributed by atoms with Crippen molar-refractivity contribution in [1.82, 2.24) is 4.98 Å². The van der Waals surface area contributed by atoms with Gasteiger partial charge in [-0.25, -0.2) is 4.98 Å². The van der Waals surface area contributed by atoms with Crippen LogP contribution in [0.1, 0.15) is 33.4 Å². The highest BCUT2D eigenvalue weighted by Gasteiger charge is 2.51. The molecule has 4 nitrogen and oxygen atoms in total. The van der Waals surface area contributed by atoms with Crippen LogP contribution in [0.2, 0.25) is 0 Å². The number of ether oxygens (including phenoxy) is 1. The summed E-state index contributed by atoms with van der Waals surface area (Å²) >= 11 is 0. The van der Waals surface area contributed by atoms with Gasteiger partial charge in [0.2, 0.25) is 0 Å². The zero-order valence-electron chi connectivity index (χ0n) is 14.9. The first kappa shape index (κ1) is 18.7. The molecule has 1 saturated heterocycles. The normalized spacial score (nSPS) is 18.8. The molecule has 1 aromatic carbocycles. The van der Waals surface area contributed by atoms with Crippen LogP contribution in [0.15, 0.2) is 42.6 Å². The predicted octanol–water partition coefficient (Wildman–Crippen LogP) is 4.19. The van der Waals surface area contributed by atoms with Crippen LogP contribution in [0.5, 0.6) is 11.5 Å². The van der Waals surface area contributed by atoms with Gasteiger partial charge in [-0.15, -0.1) is 0 Å². The van der Waals surface area contributed by atoms with E-state index in [1.165, 1.54) is 6.07 Å². The third-order valence-corrected chi connectivity index (χ3v) is 4.67. The molecule has 2 heterocycles. The highest BCUT2D eigenvalue weighted by Crippen LogP contribution is 2.36. The number of nitrogens with zero attached hydrogens (tertiary/aromatic N) is 1. The van der Waals surface area contributed by atoms with Crippen molar-refractivity contribution in [2.75, 3.05) is 0 Å². The summed E-state index contributed by atoms with van der Waals surface area (Å²) in [4.78, 5) is 3.37. The fraction of sp³-hybridized carbons (Fsp3) is 0.389. The molecule has 1 fully saturated rings. The molecular weight excluding hydrogens is 346 g/mol. The van der Waals surface area contributed by atoms with Gasteiger partial charge >= 0.3 is 13.3 Å². The van der Waals surface area contributed by atoms with Gasteiger partial charge in [-0.05, 0) is 57.4 Å². The summed E-state index contributed by atoms with van der Waals surface area (Å²) in [6.45, 7) is 7.90. The molecule has 0 aliphatic carbocycles. The standard InChI is InChI=1S/C18H19BF3NO3/c1-16(2)17(3,4)26-19(25-16)12-5-7-13(8-6-12)24-14-9-10-15(23-11-14)18(20,21)22/h5-11H,1-4H3. The van der Waals surface area contributed by atoms with Crippen LogP contribution in [0.4, 0.5) is 13.2 Å². The van der Waals surface area contributed by atoms with Crippen LogP contribution in [0, 0.1) is 0 Å². The van der Waals surface area contributed by atoms with Crippen molar-refractivity contribution in [3.05, 3.63) is 48.3 Å². The zero-order valence-corrected chi connectivity index (χ0v) is 14.9. The lowest BCUT2D eigenvalue weighted by Gasteiger charge is -2.32. The van der Waals surface area contributed by atoms with Crippen LogP contribution in [0.25, 0.3) is 0 Å². The molecule has 8 heteroatoms. The highest BCUT2D eigenvalue weighted by atomic mass is 19.4. The Kier molecular flexibility index (Phi) is 4.52. The molecule has 0 atom stereocenters. The van der Waals surface area contributed by atoms with Crippen LogP contribution >= 0.6 is 0 Å². The van der Waals surface area contributed by atoms with Gasteiger partial charge in [0, 0.05) is 0 Å². The Labute approximate surface area is 150 Å². The minimum Gasteiger partial charge on any atom is -0.456 e. The lowest BCUT2D eigenvalue weighted by Crippen LogP contribution is -2.41. The first-order valence-corrected chi connectivity index (χ1v) is 8.15. The largest absolute Gasteiger partial charge is 0.494 e. The number of hydrogen-bond donors (Lipinski definition) is 0. The smallest absolute Gasteiger partial charge is 0.456 e. The minimum absolute atomic E-state index is 0.224. The third kappa shape index (κ3) is 3.71. The van der Waals surface area contributed by atoms with Gasteiger partial charge in [0.15, 0.2) is 0 Å². The third-order valence-electron chi connectivity index (χ3n) is 4.67. The lowest BCUT2D eigenvalue weighted by atomic mass is 9.79. The molecule has 1 aliphatic rings. The first-order chi connectivity index (χ1) is 12.0. The van der Waals surface area contributed by atoms with Crippen molar-refractivity contribution in [3.63, 3.8) is 0 Å². The second kappa shape index (κ2) is 6.28. The van der Waals surface area contributed by atoms with Crippen molar-refractivity contribution >= 4 is 12.6 Å². The number of benzene rings is 1. The summed E-state index contributed by atoms with van der Waals surface area (Å²) in [5, 5.41) is 0. The quantitative estimate of drug-likeness (QED) is 0.765. The summed E-state index contributed by atoms with van der Waals surface area (Å²) in [6, 6.07) is 9.13. The summed E-state index contributed by atoms with van der Waals surface area (Å²) in [5.74, 6) is 0.702. The van der Waals surface area contributed by atoms with E-state index in [0.29, 0.717) is 5.75 Å². The number of halogens is 3. The van der Waals surface area contributed by atoms with E-state index in [9.17, 15) is 13.2 Å². The topological polar surface area (TPSA) is 40.6 Å². The lowest BCUT2D eigenvalue weighted by molar-refractivity contribution is -0.141. The van der Waals surface area contributed by atoms with E-state index in [1.54, 1.807) is 24.3 Å². The second-order valence-corrected chi connectivity index (χ2v) is 7.14. The maximum Gasteiger partial charge on any atom is 0.494 e. The van der Waals surface area contributed by atoms with Gasteiger partial charge < -0.3 is 14.0 Å². The average molecular weight is 365 g/mol. The van der Waals surface area contributed by atoms with Crippen molar-refractivity contribution in [2.45, 2.75) is 45.1 Å².